The molecule has 2 fully saturated rings. The van der Waals surface area contributed by atoms with E-state index < -0.39 is 5.60 Å². The predicted octanol–water partition coefficient (Wildman–Crippen LogP) is 2.36. The molecule has 5 heteroatoms. The molecule has 2 aliphatic rings. The largest absolute Gasteiger partial charge is 0.390 e. The van der Waals surface area contributed by atoms with Gasteiger partial charge in [0.05, 0.1) is 12.2 Å². The van der Waals surface area contributed by atoms with Crippen LogP contribution in [0.15, 0.2) is 12.3 Å². The highest BCUT2D eigenvalue weighted by molar-refractivity contribution is 5.41. The molecule has 3 atom stereocenters. The number of ether oxygens (including phenoxy) is 1. The molecule has 1 N–H and O–H groups in total. The number of nitrogens with zero attached hydrogens (tertiary/aromatic N) is 3. The molecule has 0 unspecified atom stereocenters. The Bertz CT molecular complexity index is 518. The summed E-state index contributed by atoms with van der Waals surface area (Å²) in [5.74, 6) is 2.33. The fraction of sp³-hybridized carbons (Fsp3) is 0.765. The van der Waals surface area contributed by atoms with Crippen LogP contribution in [0.25, 0.3) is 0 Å². The van der Waals surface area contributed by atoms with E-state index in [0.29, 0.717) is 31.6 Å². The lowest BCUT2D eigenvalue weighted by atomic mass is 9.79. The van der Waals surface area contributed by atoms with Crippen molar-refractivity contribution >= 4 is 5.82 Å². The molecule has 22 heavy (non-hydrogen) atoms. The van der Waals surface area contributed by atoms with E-state index in [0.717, 1.165) is 31.0 Å². The van der Waals surface area contributed by atoms with Gasteiger partial charge in [0.15, 0.2) is 0 Å². The zero-order valence-corrected chi connectivity index (χ0v) is 13.8. The van der Waals surface area contributed by atoms with Crippen LogP contribution in [0.1, 0.15) is 51.8 Å². The van der Waals surface area contributed by atoms with Gasteiger partial charge in [0.1, 0.15) is 11.6 Å². The SMILES string of the molecule is CC(C)c1nccc(N2CCC[C@@H]2[C@H]2COCC[C@]2(C)O)n1. The quantitative estimate of drug-likeness (QED) is 0.929. The van der Waals surface area contributed by atoms with Crippen LogP contribution in [-0.4, -0.2) is 46.5 Å². The Hall–Kier alpha value is -1.20. The van der Waals surface area contributed by atoms with Gasteiger partial charge in [-0.3, -0.25) is 0 Å². The number of aromatic nitrogens is 2. The number of hydrogen-bond acceptors (Lipinski definition) is 5. The van der Waals surface area contributed by atoms with Gasteiger partial charge in [-0.15, -0.1) is 0 Å². The van der Waals surface area contributed by atoms with Crippen molar-refractivity contribution in [3.63, 3.8) is 0 Å². The molecule has 1 aromatic heterocycles. The number of rotatable bonds is 3. The number of anilines is 1. The second kappa shape index (κ2) is 6.13. The molecule has 0 amide bonds. The monoisotopic (exact) mass is 305 g/mol. The van der Waals surface area contributed by atoms with E-state index in [-0.39, 0.29) is 5.92 Å². The maximum atomic E-state index is 10.8. The lowest BCUT2D eigenvalue weighted by Gasteiger charge is -2.43. The molecule has 0 aromatic carbocycles. The summed E-state index contributed by atoms with van der Waals surface area (Å²) in [6.07, 6.45) is 4.79. The van der Waals surface area contributed by atoms with Gasteiger partial charge >= 0.3 is 0 Å². The Balaban J connectivity index is 1.85. The van der Waals surface area contributed by atoms with E-state index in [2.05, 4.69) is 23.7 Å². The van der Waals surface area contributed by atoms with E-state index in [9.17, 15) is 5.11 Å². The average molecular weight is 305 g/mol. The third-order valence-corrected chi connectivity index (χ3v) is 5.08. The molecule has 0 saturated carbocycles. The van der Waals surface area contributed by atoms with Gasteiger partial charge in [-0.05, 0) is 32.3 Å². The van der Waals surface area contributed by atoms with Crippen molar-refractivity contribution in [3.8, 4) is 0 Å². The zero-order valence-electron chi connectivity index (χ0n) is 13.8. The van der Waals surface area contributed by atoms with Crippen LogP contribution < -0.4 is 4.90 Å². The lowest BCUT2D eigenvalue weighted by Crippen LogP contribution is -2.52. The smallest absolute Gasteiger partial charge is 0.133 e. The van der Waals surface area contributed by atoms with Gasteiger partial charge in [-0.1, -0.05) is 13.8 Å². The molecule has 1 aromatic rings. The Morgan fingerprint density at radius 1 is 1.45 bits per heavy atom. The highest BCUT2D eigenvalue weighted by Gasteiger charge is 2.44. The first-order chi connectivity index (χ1) is 10.5. The van der Waals surface area contributed by atoms with E-state index in [1.165, 1.54) is 0 Å². The summed E-state index contributed by atoms with van der Waals surface area (Å²) in [4.78, 5) is 11.5. The molecule has 2 aliphatic heterocycles. The van der Waals surface area contributed by atoms with Crippen molar-refractivity contribution < 1.29 is 9.84 Å². The van der Waals surface area contributed by atoms with E-state index >= 15 is 0 Å². The molecule has 0 spiro atoms. The molecular formula is C17H27N3O2. The van der Waals surface area contributed by atoms with Gasteiger partial charge in [-0.2, -0.15) is 0 Å². The Morgan fingerprint density at radius 2 is 2.27 bits per heavy atom. The Labute approximate surface area is 132 Å². The minimum atomic E-state index is -0.653. The van der Waals surface area contributed by atoms with Crippen LogP contribution in [0.3, 0.4) is 0 Å². The van der Waals surface area contributed by atoms with Crippen LogP contribution in [0.4, 0.5) is 5.82 Å². The Morgan fingerprint density at radius 3 is 3.00 bits per heavy atom. The van der Waals surface area contributed by atoms with Crippen molar-refractivity contribution in [3.05, 3.63) is 18.1 Å². The fourth-order valence-electron chi connectivity index (χ4n) is 3.68. The van der Waals surface area contributed by atoms with E-state index in [1.807, 2.05) is 19.2 Å². The first-order valence-electron chi connectivity index (χ1n) is 8.39. The third kappa shape index (κ3) is 2.97. The summed E-state index contributed by atoms with van der Waals surface area (Å²) in [5.41, 5.74) is -0.653. The minimum absolute atomic E-state index is 0.140. The van der Waals surface area contributed by atoms with E-state index in [1.54, 1.807) is 0 Å². The molecule has 2 saturated heterocycles. The maximum Gasteiger partial charge on any atom is 0.133 e. The normalized spacial score (nSPS) is 32.7. The third-order valence-electron chi connectivity index (χ3n) is 5.08. The molecule has 3 heterocycles. The summed E-state index contributed by atoms with van der Waals surface area (Å²) in [6, 6.07) is 2.29. The first-order valence-corrected chi connectivity index (χ1v) is 8.39. The van der Waals surface area contributed by atoms with Gasteiger partial charge in [0, 0.05) is 37.2 Å². The van der Waals surface area contributed by atoms with Crippen molar-refractivity contribution in [2.75, 3.05) is 24.7 Å². The standard InChI is InChI=1S/C17H27N3O2/c1-12(2)16-18-8-6-15(19-16)20-9-4-5-14(20)13-11-22-10-7-17(13,3)21/h6,8,12-14,21H,4-5,7,9-11H2,1-3H3/t13-,14-,17+/m1/s1. The van der Waals surface area contributed by atoms with Gasteiger partial charge in [0.25, 0.3) is 0 Å². The molecule has 5 nitrogen and oxygen atoms in total. The van der Waals surface area contributed by atoms with Gasteiger partial charge in [-0.25, -0.2) is 9.97 Å². The Kier molecular flexibility index (Phi) is 4.37. The van der Waals surface area contributed by atoms with Crippen molar-refractivity contribution in [1.29, 1.82) is 0 Å². The summed E-state index contributed by atoms with van der Waals surface area (Å²) < 4.78 is 5.66. The summed E-state index contributed by atoms with van der Waals surface area (Å²) in [7, 11) is 0. The van der Waals surface area contributed by atoms with Crippen LogP contribution in [0.2, 0.25) is 0 Å². The molecular weight excluding hydrogens is 278 g/mol. The van der Waals surface area contributed by atoms with Crippen LogP contribution in [0, 0.1) is 5.92 Å². The topological polar surface area (TPSA) is 58.5 Å². The summed E-state index contributed by atoms with van der Waals surface area (Å²) in [5, 5.41) is 10.8. The fourth-order valence-corrected chi connectivity index (χ4v) is 3.68. The van der Waals surface area contributed by atoms with Crippen LogP contribution in [-0.2, 0) is 4.74 Å². The number of aliphatic hydroxyl groups is 1. The summed E-state index contributed by atoms with van der Waals surface area (Å²) >= 11 is 0. The van der Waals surface area contributed by atoms with Crippen molar-refractivity contribution in [1.82, 2.24) is 9.97 Å². The second-order valence-electron chi connectivity index (χ2n) is 7.12. The van der Waals surface area contributed by atoms with Crippen molar-refractivity contribution in [2.24, 2.45) is 5.92 Å². The maximum absolute atomic E-state index is 10.8. The van der Waals surface area contributed by atoms with Crippen LogP contribution in [0.5, 0.6) is 0 Å². The molecule has 0 aliphatic carbocycles. The van der Waals surface area contributed by atoms with Crippen LogP contribution >= 0.6 is 0 Å². The highest BCUT2D eigenvalue weighted by Crippen LogP contribution is 2.37. The second-order valence-corrected chi connectivity index (χ2v) is 7.12. The molecule has 3 rings (SSSR count). The minimum Gasteiger partial charge on any atom is -0.390 e. The number of hydrogen-bond donors (Lipinski definition) is 1. The molecule has 0 bridgehead atoms. The predicted molar refractivity (Wildman–Crippen MR) is 86.0 cm³/mol. The molecule has 0 radical (unpaired) electrons. The zero-order chi connectivity index (χ0) is 15.7. The highest BCUT2D eigenvalue weighted by atomic mass is 16.5. The lowest BCUT2D eigenvalue weighted by molar-refractivity contribution is -0.108. The van der Waals surface area contributed by atoms with Gasteiger partial charge in [0.2, 0.25) is 0 Å². The first kappa shape index (κ1) is 15.7. The van der Waals surface area contributed by atoms with E-state index in [4.69, 9.17) is 9.72 Å². The van der Waals surface area contributed by atoms with Gasteiger partial charge < -0.3 is 14.7 Å². The van der Waals surface area contributed by atoms with Crippen molar-refractivity contribution in [2.45, 2.75) is 57.6 Å². The summed E-state index contributed by atoms with van der Waals surface area (Å²) in [6.45, 7) is 8.46. The average Bonchev–Trinajstić information content (AvgIpc) is 2.96. The molecule has 122 valence electrons.